The molecule has 0 saturated carbocycles. The topological polar surface area (TPSA) is 52.6 Å². The maximum atomic E-state index is 12.1. The van der Waals surface area contributed by atoms with Crippen LogP contribution in [0.1, 0.15) is 46.2 Å². The molecule has 0 amide bonds. The van der Waals surface area contributed by atoms with Crippen LogP contribution >= 0.6 is 0 Å². The number of esters is 2. The monoisotopic (exact) mass is 354 g/mol. The maximum absolute atomic E-state index is 12.1. The Morgan fingerprint density at radius 3 is 1.15 bits per heavy atom. The van der Waals surface area contributed by atoms with Gasteiger partial charge in [-0.05, 0) is 63.8 Å². The van der Waals surface area contributed by atoms with Gasteiger partial charge in [0.1, 0.15) is 11.5 Å². The van der Waals surface area contributed by atoms with E-state index in [1.54, 1.807) is 0 Å². The predicted octanol–water partition coefficient (Wildman–Crippen LogP) is 4.83. The second-order valence-electron chi connectivity index (χ2n) is 6.90. The van der Waals surface area contributed by atoms with Crippen molar-refractivity contribution >= 4 is 11.9 Å². The van der Waals surface area contributed by atoms with Crippen molar-refractivity contribution in [2.24, 2.45) is 0 Å². The highest BCUT2D eigenvalue weighted by molar-refractivity contribution is 5.80. The SMILES string of the molecule is Cc1cc(C)c(OC(=O)CCC(=O)Oc2c(C)cc(C)cc2C)c(C)c1. The number of carbonyl (C=O) groups excluding carboxylic acids is 2. The predicted molar refractivity (Wildman–Crippen MR) is 102 cm³/mol. The number of rotatable bonds is 5. The molecule has 0 heterocycles. The van der Waals surface area contributed by atoms with Crippen LogP contribution in [0.3, 0.4) is 0 Å². The molecule has 26 heavy (non-hydrogen) atoms. The van der Waals surface area contributed by atoms with Crippen molar-refractivity contribution in [2.75, 3.05) is 0 Å². The van der Waals surface area contributed by atoms with Crippen molar-refractivity contribution in [3.05, 3.63) is 57.6 Å². The van der Waals surface area contributed by atoms with E-state index < -0.39 is 11.9 Å². The van der Waals surface area contributed by atoms with Crippen molar-refractivity contribution in [3.8, 4) is 11.5 Å². The number of hydrogen-bond acceptors (Lipinski definition) is 4. The van der Waals surface area contributed by atoms with Gasteiger partial charge in [0, 0.05) is 0 Å². The van der Waals surface area contributed by atoms with E-state index in [4.69, 9.17) is 9.47 Å². The minimum atomic E-state index is -0.436. The molecule has 2 rings (SSSR count). The number of aryl methyl sites for hydroxylation is 6. The molecule has 0 saturated heterocycles. The normalized spacial score (nSPS) is 10.5. The van der Waals surface area contributed by atoms with Crippen LogP contribution < -0.4 is 9.47 Å². The molecule has 138 valence electrons. The van der Waals surface area contributed by atoms with Gasteiger partial charge in [0.2, 0.25) is 0 Å². The lowest BCUT2D eigenvalue weighted by Gasteiger charge is -2.13. The molecule has 0 fully saturated rings. The molecule has 0 unspecified atom stereocenters. The first-order valence-corrected chi connectivity index (χ1v) is 8.74. The van der Waals surface area contributed by atoms with Crippen LogP contribution in [-0.4, -0.2) is 11.9 Å². The van der Waals surface area contributed by atoms with Gasteiger partial charge >= 0.3 is 11.9 Å². The molecule has 0 aromatic heterocycles. The summed E-state index contributed by atoms with van der Waals surface area (Å²) in [5.74, 6) is 0.266. The van der Waals surface area contributed by atoms with Crippen LogP contribution in [0.2, 0.25) is 0 Å². The molecular formula is C22H26O4. The summed E-state index contributed by atoms with van der Waals surface area (Å²) in [5.41, 5.74) is 5.86. The fourth-order valence-electron chi connectivity index (χ4n) is 3.19. The van der Waals surface area contributed by atoms with Gasteiger partial charge in [-0.1, -0.05) is 35.4 Å². The molecule has 0 radical (unpaired) electrons. The lowest BCUT2D eigenvalue weighted by molar-refractivity contribution is -0.140. The van der Waals surface area contributed by atoms with Crippen LogP contribution in [0, 0.1) is 41.5 Å². The van der Waals surface area contributed by atoms with E-state index in [0.29, 0.717) is 11.5 Å². The minimum Gasteiger partial charge on any atom is -0.426 e. The van der Waals surface area contributed by atoms with E-state index in [0.717, 1.165) is 33.4 Å². The van der Waals surface area contributed by atoms with Gasteiger partial charge in [-0.3, -0.25) is 9.59 Å². The highest BCUT2D eigenvalue weighted by Gasteiger charge is 2.15. The average molecular weight is 354 g/mol. The zero-order chi connectivity index (χ0) is 19.4. The fourth-order valence-corrected chi connectivity index (χ4v) is 3.19. The van der Waals surface area contributed by atoms with E-state index in [2.05, 4.69) is 0 Å². The Hall–Kier alpha value is -2.62. The van der Waals surface area contributed by atoms with Gasteiger partial charge < -0.3 is 9.47 Å². The van der Waals surface area contributed by atoms with Gasteiger partial charge in [-0.25, -0.2) is 0 Å². The zero-order valence-electron chi connectivity index (χ0n) is 16.4. The second kappa shape index (κ2) is 8.17. The lowest BCUT2D eigenvalue weighted by atomic mass is 10.1. The Balaban J connectivity index is 1.95. The van der Waals surface area contributed by atoms with Crippen molar-refractivity contribution in [1.82, 2.24) is 0 Å². The maximum Gasteiger partial charge on any atom is 0.311 e. The number of benzene rings is 2. The van der Waals surface area contributed by atoms with Crippen molar-refractivity contribution < 1.29 is 19.1 Å². The highest BCUT2D eigenvalue weighted by Crippen LogP contribution is 2.26. The summed E-state index contributed by atoms with van der Waals surface area (Å²) in [6, 6.07) is 7.86. The Morgan fingerprint density at radius 2 is 0.885 bits per heavy atom. The number of carbonyl (C=O) groups is 2. The lowest BCUT2D eigenvalue weighted by Crippen LogP contribution is -2.15. The molecule has 0 spiro atoms. The van der Waals surface area contributed by atoms with Crippen LogP contribution in [-0.2, 0) is 9.59 Å². The van der Waals surface area contributed by atoms with Crippen molar-refractivity contribution in [2.45, 2.75) is 54.4 Å². The first-order chi connectivity index (χ1) is 12.2. The first kappa shape index (κ1) is 19.7. The molecule has 2 aromatic carbocycles. The van der Waals surface area contributed by atoms with Gasteiger partial charge in [-0.2, -0.15) is 0 Å². The average Bonchev–Trinajstić information content (AvgIpc) is 2.52. The van der Waals surface area contributed by atoms with E-state index in [9.17, 15) is 9.59 Å². The second-order valence-corrected chi connectivity index (χ2v) is 6.90. The van der Waals surface area contributed by atoms with Crippen LogP contribution in [0.5, 0.6) is 11.5 Å². The molecule has 2 aromatic rings. The van der Waals surface area contributed by atoms with E-state index in [-0.39, 0.29) is 12.8 Å². The minimum absolute atomic E-state index is 0.0183. The summed E-state index contributed by atoms with van der Waals surface area (Å²) in [5, 5.41) is 0. The first-order valence-electron chi connectivity index (χ1n) is 8.74. The van der Waals surface area contributed by atoms with Crippen molar-refractivity contribution in [3.63, 3.8) is 0 Å². The molecule has 0 aliphatic heterocycles. The Labute approximate surface area is 155 Å². The van der Waals surface area contributed by atoms with Crippen LogP contribution in [0.15, 0.2) is 24.3 Å². The third-order valence-corrected chi connectivity index (χ3v) is 4.17. The molecule has 4 nitrogen and oxygen atoms in total. The molecule has 0 aliphatic carbocycles. The molecule has 4 heteroatoms. The third-order valence-electron chi connectivity index (χ3n) is 4.17. The van der Waals surface area contributed by atoms with E-state index in [1.165, 1.54) is 0 Å². The summed E-state index contributed by atoms with van der Waals surface area (Å²) in [6.07, 6.45) is -0.0366. The zero-order valence-corrected chi connectivity index (χ0v) is 16.4. The number of hydrogen-bond donors (Lipinski definition) is 0. The summed E-state index contributed by atoms with van der Waals surface area (Å²) < 4.78 is 10.9. The van der Waals surface area contributed by atoms with Gasteiger partial charge in [0.25, 0.3) is 0 Å². The van der Waals surface area contributed by atoms with Gasteiger partial charge in [0.15, 0.2) is 0 Å². The van der Waals surface area contributed by atoms with Gasteiger partial charge in [-0.15, -0.1) is 0 Å². The fraction of sp³-hybridized carbons (Fsp3) is 0.364. The summed E-state index contributed by atoms with van der Waals surface area (Å²) in [7, 11) is 0. The molecule has 0 N–H and O–H groups in total. The molecular weight excluding hydrogens is 328 g/mol. The largest absolute Gasteiger partial charge is 0.426 e. The smallest absolute Gasteiger partial charge is 0.311 e. The standard InChI is InChI=1S/C22H26O4/c1-13-9-15(3)21(16(4)10-13)25-19(23)7-8-20(24)26-22-17(5)11-14(2)12-18(22)6/h9-12H,7-8H2,1-6H3. The van der Waals surface area contributed by atoms with Crippen molar-refractivity contribution in [1.29, 1.82) is 0 Å². The highest BCUT2D eigenvalue weighted by atomic mass is 16.5. The van der Waals surface area contributed by atoms with Crippen LogP contribution in [0.25, 0.3) is 0 Å². The Kier molecular flexibility index (Phi) is 6.19. The summed E-state index contributed by atoms with van der Waals surface area (Å²) in [6.45, 7) is 11.6. The van der Waals surface area contributed by atoms with Crippen LogP contribution in [0.4, 0.5) is 0 Å². The summed E-state index contributed by atoms with van der Waals surface area (Å²) in [4.78, 5) is 24.2. The quantitative estimate of drug-likeness (QED) is 0.570. The summed E-state index contributed by atoms with van der Waals surface area (Å²) >= 11 is 0. The Bertz CT molecular complexity index is 732. The van der Waals surface area contributed by atoms with Gasteiger partial charge in [0.05, 0.1) is 12.8 Å². The molecule has 0 bridgehead atoms. The Morgan fingerprint density at radius 1 is 0.615 bits per heavy atom. The number of ether oxygens (including phenoxy) is 2. The van der Waals surface area contributed by atoms with E-state index >= 15 is 0 Å². The van der Waals surface area contributed by atoms with E-state index in [1.807, 2.05) is 65.8 Å². The molecule has 0 aliphatic rings. The third kappa shape index (κ3) is 4.94. The molecule has 0 atom stereocenters.